The van der Waals surface area contributed by atoms with Crippen molar-refractivity contribution < 1.29 is 0 Å². The van der Waals surface area contributed by atoms with Crippen molar-refractivity contribution in [2.24, 2.45) is 5.92 Å². The van der Waals surface area contributed by atoms with E-state index in [0.717, 1.165) is 42.1 Å². The molecular weight excluding hydrogens is 240 g/mol. The number of nitrogens with one attached hydrogen (secondary N) is 1. The number of rotatable bonds is 1. The lowest BCUT2D eigenvalue weighted by atomic mass is 9.93. The van der Waals surface area contributed by atoms with Crippen molar-refractivity contribution in [2.45, 2.75) is 32.7 Å². The highest BCUT2D eigenvalue weighted by Crippen LogP contribution is 2.30. The molecule has 98 valence electrons. The Balaban J connectivity index is 2.00. The van der Waals surface area contributed by atoms with Crippen LogP contribution in [0.4, 0.5) is 5.82 Å². The number of aryl methyl sites for hydroxylation is 1. The molecule has 3 rings (SSSR count). The maximum Gasteiger partial charge on any atom is 0.161 e. The lowest BCUT2D eigenvalue weighted by molar-refractivity contribution is 0.414. The van der Waals surface area contributed by atoms with Crippen LogP contribution in [0.5, 0.6) is 0 Å². The number of piperidine rings is 1. The van der Waals surface area contributed by atoms with E-state index in [1.807, 2.05) is 6.92 Å². The highest BCUT2D eigenvalue weighted by molar-refractivity contribution is 5.86. The van der Waals surface area contributed by atoms with Gasteiger partial charge in [0, 0.05) is 18.5 Å². The Morgan fingerprint density at radius 1 is 1.47 bits per heavy atom. The van der Waals surface area contributed by atoms with Gasteiger partial charge in [-0.25, -0.2) is 9.97 Å². The molecule has 6 heteroatoms. The average molecular weight is 256 g/mol. The average Bonchev–Trinajstić information content (AvgIpc) is 2.85. The second-order valence-corrected chi connectivity index (χ2v) is 5.12. The van der Waals surface area contributed by atoms with E-state index in [1.54, 1.807) is 6.20 Å². The molecule has 2 aromatic heterocycles. The highest BCUT2D eigenvalue weighted by atomic mass is 15.2. The van der Waals surface area contributed by atoms with Gasteiger partial charge in [-0.05, 0) is 26.7 Å². The second-order valence-electron chi connectivity index (χ2n) is 5.12. The summed E-state index contributed by atoms with van der Waals surface area (Å²) in [5.74, 6) is 1.83. The lowest BCUT2D eigenvalue weighted by Gasteiger charge is -2.36. The van der Waals surface area contributed by atoms with E-state index in [2.05, 4.69) is 38.1 Å². The molecule has 0 saturated carbocycles. The molecule has 0 spiro atoms. The number of hydrogen-bond acceptors (Lipinski definition) is 5. The summed E-state index contributed by atoms with van der Waals surface area (Å²) in [4.78, 5) is 11.2. The van der Waals surface area contributed by atoms with Gasteiger partial charge in [0.05, 0.1) is 17.7 Å². The van der Waals surface area contributed by atoms with E-state index in [0.29, 0.717) is 6.04 Å². The van der Waals surface area contributed by atoms with Gasteiger partial charge in [-0.15, -0.1) is 0 Å². The zero-order valence-electron chi connectivity index (χ0n) is 11.1. The predicted molar refractivity (Wildman–Crippen MR) is 71.6 cm³/mol. The third-order valence-electron chi connectivity index (χ3n) is 3.73. The van der Waals surface area contributed by atoms with Crippen molar-refractivity contribution in [1.82, 2.24) is 20.2 Å². The minimum atomic E-state index is 0.161. The summed E-state index contributed by atoms with van der Waals surface area (Å²) in [5.41, 5.74) is 0.775. The lowest BCUT2D eigenvalue weighted by Crippen LogP contribution is -2.41. The van der Waals surface area contributed by atoms with Gasteiger partial charge in [0.25, 0.3) is 0 Å². The van der Waals surface area contributed by atoms with Gasteiger partial charge in [-0.2, -0.15) is 10.4 Å². The first-order chi connectivity index (χ1) is 9.19. The topological polar surface area (TPSA) is 81.5 Å². The Hall–Kier alpha value is -2.16. The number of fused-ring (bicyclic) bond motifs is 1. The number of aromatic nitrogens is 4. The largest absolute Gasteiger partial charge is 0.353 e. The molecule has 19 heavy (non-hydrogen) atoms. The van der Waals surface area contributed by atoms with Crippen molar-refractivity contribution in [3.63, 3.8) is 0 Å². The number of nitrogens with zero attached hydrogens (tertiary/aromatic N) is 5. The summed E-state index contributed by atoms with van der Waals surface area (Å²) in [6.07, 6.45) is 3.55. The molecule has 1 fully saturated rings. The molecule has 0 bridgehead atoms. The van der Waals surface area contributed by atoms with Crippen molar-refractivity contribution in [2.75, 3.05) is 11.4 Å². The standard InChI is InChI=1S/C13H16N6/c1-8-5-10(6-14)3-4-19(8)13-11-7-15-18-12(11)16-9(2)17-13/h7-8,10H,3-5H2,1-2H3,(H,15,16,17,18). The molecule has 6 nitrogen and oxygen atoms in total. The third kappa shape index (κ3) is 2.01. The van der Waals surface area contributed by atoms with Gasteiger partial charge in [-0.3, -0.25) is 5.10 Å². The van der Waals surface area contributed by atoms with Gasteiger partial charge >= 0.3 is 0 Å². The predicted octanol–water partition coefficient (Wildman–Crippen LogP) is 1.79. The monoisotopic (exact) mass is 256 g/mol. The Labute approximate surface area is 111 Å². The van der Waals surface area contributed by atoms with Crippen LogP contribution in [0.1, 0.15) is 25.6 Å². The summed E-state index contributed by atoms with van der Waals surface area (Å²) in [7, 11) is 0. The van der Waals surface area contributed by atoms with Crippen molar-refractivity contribution in [3.8, 4) is 6.07 Å². The van der Waals surface area contributed by atoms with Crippen LogP contribution in [0.3, 0.4) is 0 Å². The summed E-state index contributed by atoms with van der Waals surface area (Å²) in [6.45, 7) is 4.89. The van der Waals surface area contributed by atoms with Crippen molar-refractivity contribution in [3.05, 3.63) is 12.0 Å². The van der Waals surface area contributed by atoms with Gasteiger partial charge < -0.3 is 4.90 Å². The number of nitriles is 1. The molecule has 1 saturated heterocycles. The van der Waals surface area contributed by atoms with Gasteiger partial charge in [0.1, 0.15) is 11.6 Å². The van der Waals surface area contributed by atoms with Gasteiger partial charge in [-0.1, -0.05) is 0 Å². The fourth-order valence-corrected chi connectivity index (χ4v) is 2.75. The van der Waals surface area contributed by atoms with E-state index in [9.17, 15) is 0 Å². The zero-order chi connectivity index (χ0) is 13.4. The normalized spacial score (nSPS) is 23.5. The highest BCUT2D eigenvalue weighted by Gasteiger charge is 2.27. The summed E-state index contributed by atoms with van der Waals surface area (Å²) in [5, 5.41) is 16.9. The van der Waals surface area contributed by atoms with Crippen molar-refractivity contribution in [1.29, 1.82) is 5.26 Å². The summed E-state index contributed by atoms with van der Waals surface area (Å²) < 4.78 is 0. The Morgan fingerprint density at radius 2 is 2.32 bits per heavy atom. The first-order valence-corrected chi connectivity index (χ1v) is 6.53. The van der Waals surface area contributed by atoms with Crippen LogP contribution in [0.25, 0.3) is 11.0 Å². The fraction of sp³-hybridized carbons (Fsp3) is 0.538. The first kappa shape index (κ1) is 11.9. The van der Waals surface area contributed by atoms with Crippen LogP contribution in [0.2, 0.25) is 0 Å². The Morgan fingerprint density at radius 3 is 3.05 bits per heavy atom. The minimum Gasteiger partial charge on any atom is -0.353 e. The second kappa shape index (κ2) is 4.50. The van der Waals surface area contributed by atoms with E-state index in [-0.39, 0.29) is 5.92 Å². The van der Waals surface area contributed by atoms with Crippen LogP contribution < -0.4 is 4.90 Å². The SMILES string of the molecule is Cc1nc(N2CCC(C#N)CC2C)c2cn[nH]c2n1. The number of anilines is 1. The molecule has 1 aliphatic heterocycles. The minimum absolute atomic E-state index is 0.161. The molecule has 3 heterocycles. The molecule has 2 unspecified atom stereocenters. The van der Waals surface area contributed by atoms with E-state index >= 15 is 0 Å². The van der Waals surface area contributed by atoms with Crippen LogP contribution in [-0.2, 0) is 0 Å². The van der Waals surface area contributed by atoms with Gasteiger partial charge in [0.2, 0.25) is 0 Å². The smallest absolute Gasteiger partial charge is 0.161 e. The maximum atomic E-state index is 9.04. The van der Waals surface area contributed by atoms with E-state index < -0.39 is 0 Å². The van der Waals surface area contributed by atoms with E-state index in [1.165, 1.54) is 0 Å². The molecule has 0 amide bonds. The first-order valence-electron chi connectivity index (χ1n) is 6.53. The van der Waals surface area contributed by atoms with E-state index in [4.69, 9.17) is 5.26 Å². The molecule has 0 aromatic carbocycles. The molecule has 2 aromatic rings. The molecule has 1 N–H and O–H groups in total. The van der Waals surface area contributed by atoms with Crippen LogP contribution in [0, 0.1) is 24.2 Å². The molecule has 0 radical (unpaired) electrons. The number of hydrogen-bond donors (Lipinski definition) is 1. The summed E-state index contributed by atoms with van der Waals surface area (Å²) in [6, 6.07) is 2.68. The third-order valence-corrected chi connectivity index (χ3v) is 3.73. The Kier molecular flexibility index (Phi) is 2.82. The van der Waals surface area contributed by atoms with Crippen molar-refractivity contribution >= 4 is 16.9 Å². The molecular formula is C13H16N6. The molecule has 0 aliphatic carbocycles. The zero-order valence-corrected chi connectivity index (χ0v) is 11.1. The van der Waals surface area contributed by atoms with Crippen LogP contribution in [-0.4, -0.2) is 32.8 Å². The van der Waals surface area contributed by atoms with Gasteiger partial charge in [0.15, 0.2) is 5.65 Å². The molecule has 2 atom stereocenters. The van der Waals surface area contributed by atoms with Crippen LogP contribution >= 0.6 is 0 Å². The quantitative estimate of drug-likeness (QED) is 0.841. The fourth-order valence-electron chi connectivity index (χ4n) is 2.75. The molecule has 1 aliphatic rings. The summed E-state index contributed by atoms with van der Waals surface area (Å²) >= 11 is 0. The Bertz CT molecular complexity index is 640. The number of aromatic amines is 1. The van der Waals surface area contributed by atoms with Crippen LogP contribution in [0.15, 0.2) is 6.20 Å². The maximum absolute atomic E-state index is 9.04. The number of H-pyrrole nitrogens is 1.